The molecule has 3 aromatic rings. The summed E-state index contributed by atoms with van der Waals surface area (Å²) in [6, 6.07) is 14.4. The van der Waals surface area contributed by atoms with Crippen LogP contribution in [0.2, 0.25) is 0 Å². The zero-order chi connectivity index (χ0) is 23.5. The number of carbonyl (C=O) groups excluding carboxylic acids is 2. The number of aromatic nitrogens is 1. The van der Waals surface area contributed by atoms with Crippen molar-refractivity contribution in [3.63, 3.8) is 0 Å². The first-order valence-electron chi connectivity index (χ1n) is 10.9. The highest BCUT2D eigenvalue weighted by molar-refractivity contribution is 6.05. The molecular formula is C25H26N4O4. The molecule has 0 radical (unpaired) electrons. The number of nitrogens with two attached hydrogens (primary N) is 1. The number of aromatic carboxylic acids is 1. The van der Waals surface area contributed by atoms with Gasteiger partial charge < -0.3 is 21.1 Å². The van der Waals surface area contributed by atoms with E-state index in [0.29, 0.717) is 48.3 Å². The molecule has 0 spiro atoms. The number of amides is 2. The lowest BCUT2D eigenvalue weighted by Gasteiger charge is -2.31. The van der Waals surface area contributed by atoms with Crippen molar-refractivity contribution in [3.05, 3.63) is 65.2 Å². The monoisotopic (exact) mass is 446 g/mol. The number of piperidine rings is 1. The van der Waals surface area contributed by atoms with Gasteiger partial charge in [-0.15, -0.1) is 0 Å². The lowest BCUT2D eigenvalue weighted by atomic mass is 9.96. The summed E-state index contributed by atoms with van der Waals surface area (Å²) in [7, 11) is 0. The molecule has 1 aliphatic heterocycles. The van der Waals surface area contributed by atoms with E-state index in [1.807, 2.05) is 36.1 Å². The zero-order valence-electron chi connectivity index (χ0n) is 18.4. The Labute approximate surface area is 191 Å². The van der Waals surface area contributed by atoms with Crippen molar-refractivity contribution in [2.45, 2.75) is 26.2 Å². The van der Waals surface area contributed by atoms with Gasteiger partial charge in [-0.05, 0) is 49.6 Å². The van der Waals surface area contributed by atoms with Crippen molar-refractivity contribution in [1.82, 2.24) is 4.98 Å². The van der Waals surface area contributed by atoms with Crippen LogP contribution >= 0.6 is 0 Å². The van der Waals surface area contributed by atoms with Crippen molar-refractivity contribution in [1.29, 1.82) is 0 Å². The van der Waals surface area contributed by atoms with E-state index in [9.17, 15) is 19.5 Å². The molecule has 170 valence electrons. The molecule has 0 unspecified atom stereocenters. The molecule has 0 bridgehead atoms. The molecule has 1 saturated heterocycles. The lowest BCUT2D eigenvalue weighted by Crippen LogP contribution is -2.39. The number of nitrogens with one attached hydrogen (secondary N) is 1. The molecule has 0 aliphatic carbocycles. The van der Waals surface area contributed by atoms with Crippen LogP contribution in [0.3, 0.4) is 0 Å². The summed E-state index contributed by atoms with van der Waals surface area (Å²) in [5.41, 5.74) is 8.58. The maximum absolute atomic E-state index is 12.5. The number of aryl methyl sites for hydroxylation is 1. The van der Waals surface area contributed by atoms with Gasteiger partial charge in [-0.3, -0.25) is 9.59 Å². The number of benzene rings is 2. The third-order valence-corrected chi connectivity index (χ3v) is 6.02. The van der Waals surface area contributed by atoms with E-state index in [1.165, 1.54) is 0 Å². The molecule has 2 amide bonds. The van der Waals surface area contributed by atoms with Gasteiger partial charge in [0.1, 0.15) is 5.82 Å². The predicted octanol–water partition coefficient (Wildman–Crippen LogP) is 3.12. The molecular weight excluding hydrogens is 420 g/mol. The minimum Gasteiger partial charge on any atom is -0.478 e. The van der Waals surface area contributed by atoms with Crippen molar-refractivity contribution in [2.75, 3.05) is 23.3 Å². The summed E-state index contributed by atoms with van der Waals surface area (Å²) in [6.45, 7) is 3.15. The van der Waals surface area contributed by atoms with Gasteiger partial charge in [0.15, 0.2) is 0 Å². The molecule has 1 fully saturated rings. The Bertz CT molecular complexity index is 1220. The average Bonchev–Trinajstić information content (AvgIpc) is 2.79. The van der Waals surface area contributed by atoms with Crippen LogP contribution < -0.4 is 16.0 Å². The van der Waals surface area contributed by atoms with Crippen molar-refractivity contribution >= 4 is 40.2 Å². The number of nitrogens with zero attached hydrogens (tertiary/aromatic N) is 2. The fourth-order valence-electron chi connectivity index (χ4n) is 4.12. The number of anilines is 2. The maximum Gasteiger partial charge on any atom is 0.336 e. The molecule has 2 aromatic carbocycles. The minimum atomic E-state index is -1.07. The Morgan fingerprint density at radius 3 is 2.42 bits per heavy atom. The number of rotatable bonds is 6. The van der Waals surface area contributed by atoms with Gasteiger partial charge in [0.05, 0.1) is 17.5 Å². The van der Waals surface area contributed by atoms with Crippen LogP contribution in [0, 0.1) is 12.8 Å². The quantitative estimate of drug-likeness (QED) is 0.534. The smallest absolute Gasteiger partial charge is 0.336 e. The summed E-state index contributed by atoms with van der Waals surface area (Å²) in [6.07, 6.45) is 1.45. The second-order valence-electron chi connectivity index (χ2n) is 8.44. The summed E-state index contributed by atoms with van der Waals surface area (Å²) >= 11 is 0. The van der Waals surface area contributed by atoms with Crippen molar-refractivity contribution < 1.29 is 19.5 Å². The van der Waals surface area contributed by atoms with E-state index in [2.05, 4.69) is 10.3 Å². The number of carboxylic acid groups (broad SMARTS) is 1. The van der Waals surface area contributed by atoms with Crippen LogP contribution in [-0.4, -0.2) is 41.0 Å². The SMILES string of the molecule is Cc1ccc(CC(=O)Nc2ccc3nc(N4CCC(C(N)=O)CC4)cc(C(=O)O)c3c2)cc1. The summed E-state index contributed by atoms with van der Waals surface area (Å²) in [5.74, 6) is -1.16. The molecule has 0 saturated carbocycles. The third-order valence-electron chi connectivity index (χ3n) is 6.02. The standard InChI is InChI=1S/C25H26N4O4/c1-15-2-4-16(5-3-15)12-23(30)27-18-6-7-21-19(13-18)20(25(32)33)14-22(28-21)29-10-8-17(9-11-29)24(26)31/h2-7,13-14,17H,8-12H2,1H3,(H2,26,31)(H,27,30)(H,32,33). The van der Waals surface area contributed by atoms with Crippen LogP contribution in [-0.2, 0) is 16.0 Å². The van der Waals surface area contributed by atoms with Crippen LogP contribution in [0.1, 0.15) is 34.3 Å². The molecule has 8 nitrogen and oxygen atoms in total. The Morgan fingerprint density at radius 1 is 1.09 bits per heavy atom. The summed E-state index contributed by atoms with van der Waals surface area (Å²) < 4.78 is 0. The lowest BCUT2D eigenvalue weighted by molar-refractivity contribution is -0.122. The van der Waals surface area contributed by atoms with Crippen molar-refractivity contribution in [2.24, 2.45) is 11.7 Å². The third kappa shape index (κ3) is 5.11. The Hall–Kier alpha value is -3.94. The number of hydrogen-bond acceptors (Lipinski definition) is 5. The summed E-state index contributed by atoms with van der Waals surface area (Å²) in [5, 5.41) is 13.1. The molecule has 2 heterocycles. The summed E-state index contributed by atoms with van der Waals surface area (Å²) in [4.78, 5) is 42.5. The number of carbonyl (C=O) groups is 3. The molecule has 33 heavy (non-hydrogen) atoms. The molecule has 0 atom stereocenters. The van der Waals surface area contributed by atoms with E-state index in [-0.39, 0.29) is 29.7 Å². The van der Waals surface area contributed by atoms with Crippen molar-refractivity contribution in [3.8, 4) is 0 Å². The van der Waals surface area contributed by atoms with Gasteiger partial charge in [-0.25, -0.2) is 9.78 Å². The number of pyridine rings is 1. The highest BCUT2D eigenvalue weighted by Gasteiger charge is 2.25. The number of carboxylic acids is 1. The molecule has 4 N–H and O–H groups in total. The van der Waals surface area contributed by atoms with E-state index >= 15 is 0 Å². The fraction of sp³-hybridized carbons (Fsp3) is 0.280. The Balaban J connectivity index is 1.55. The largest absolute Gasteiger partial charge is 0.478 e. The van der Waals surface area contributed by atoms with E-state index in [0.717, 1.165) is 11.1 Å². The van der Waals surface area contributed by atoms with Gasteiger partial charge in [0.2, 0.25) is 11.8 Å². The van der Waals surface area contributed by atoms with Crippen LogP contribution in [0.5, 0.6) is 0 Å². The zero-order valence-corrected chi connectivity index (χ0v) is 18.4. The number of primary amides is 1. The highest BCUT2D eigenvalue weighted by atomic mass is 16.4. The van der Waals surface area contributed by atoms with Gasteiger partial charge in [-0.1, -0.05) is 29.8 Å². The normalized spacial score (nSPS) is 14.3. The average molecular weight is 447 g/mol. The number of hydrogen-bond donors (Lipinski definition) is 3. The van der Waals surface area contributed by atoms with Gasteiger partial charge in [-0.2, -0.15) is 0 Å². The van der Waals surface area contributed by atoms with Crippen LogP contribution in [0.4, 0.5) is 11.5 Å². The minimum absolute atomic E-state index is 0.113. The van der Waals surface area contributed by atoms with E-state index in [4.69, 9.17) is 5.73 Å². The molecule has 1 aliphatic rings. The highest BCUT2D eigenvalue weighted by Crippen LogP contribution is 2.28. The van der Waals surface area contributed by atoms with Gasteiger partial charge >= 0.3 is 5.97 Å². The molecule has 4 rings (SSSR count). The molecule has 1 aromatic heterocycles. The van der Waals surface area contributed by atoms with E-state index in [1.54, 1.807) is 24.3 Å². The van der Waals surface area contributed by atoms with Crippen LogP contribution in [0.15, 0.2) is 48.5 Å². The van der Waals surface area contributed by atoms with Gasteiger partial charge in [0, 0.05) is 30.1 Å². The van der Waals surface area contributed by atoms with E-state index < -0.39 is 5.97 Å². The topological polar surface area (TPSA) is 126 Å². The second-order valence-corrected chi connectivity index (χ2v) is 8.44. The fourth-order valence-corrected chi connectivity index (χ4v) is 4.12. The first kappa shape index (κ1) is 22.3. The Kier molecular flexibility index (Phi) is 6.26. The maximum atomic E-state index is 12.5. The Morgan fingerprint density at radius 2 is 1.79 bits per heavy atom. The molecule has 8 heteroatoms. The first-order valence-corrected chi connectivity index (χ1v) is 10.9. The first-order chi connectivity index (χ1) is 15.8. The van der Waals surface area contributed by atoms with Crippen LogP contribution in [0.25, 0.3) is 10.9 Å². The predicted molar refractivity (Wildman–Crippen MR) is 126 cm³/mol. The van der Waals surface area contributed by atoms with Gasteiger partial charge in [0.25, 0.3) is 0 Å². The number of fused-ring (bicyclic) bond motifs is 1. The second kappa shape index (κ2) is 9.28.